The topological polar surface area (TPSA) is 130 Å². The Balaban J connectivity index is 1.43. The highest BCUT2D eigenvalue weighted by Gasteiger charge is 2.49. The molecule has 2 N–H and O–H groups in total. The summed E-state index contributed by atoms with van der Waals surface area (Å²) in [6.07, 6.45) is 5.65. The zero-order valence-electron chi connectivity index (χ0n) is 21.4. The Morgan fingerprint density at radius 2 is 1.80 bits per heavy atom. The van der Waals surface area contributed by atoms with Crippen LogP contribution in [0.1, 0.15) is 23.3 Å². The fourth-order valence-electron chi connectivity index (χ4n) is 4.82. The number of sulfone groups is 1. The van der Waals surface area contributed by atoms with E-state index in [4.69, 9.17) is 4.42 Å². The van der Waals surface area contributed by atoms with E-state index in [2.05, 4.69) is 4.98 Å². The van der Waals surface area contributed by atoms with Crippen molar-refractivity contribution in [1.29, 1.82) is 0 Å². The van der Waals surface area contributed by atoms with Gasteiger partial charge in [-0.3, -0.25) is 14.8 Å². The van der Waals surface area contributed by atoms with Crippen LogP contribution in [-0.4, -0.2) is 54.2 Å². The van der Waals surface area contributed by atoms with Gasteiger partial charge in [-0.25, -0.2) is 18.9 Å². The molecule has 0 bridgehead atoms. The van der Waals surface area contributed by atoms with Crippen LogP contribution in [0.15, 0.2) is 89.8 Å². The number of rotatable bonds is 7. The van der Waals surface area contributed by atoms with Crippen LogP contribution in [0.3, 0.4) is 0 Å². The van der Waals surface area contributed by atoms with Crippen molar-refractivity contribution in [3.05, 3.63) is 95.8 Å². The minimum atomic E-state index is -3.92. The number of aromatic nitrogens is 1. The number of benzene rings is 2. The Labute approximate surface area is 235 Å². The fraction of sp³-hybridized carbons (Fsp3) is 0.207. The molecule has 0 saturated carbocycles. The first-order valence-corrected chi connectivity index (χ1v) is 15.1. The minimum Gasteiger partial charge on any atom is -0.444 e. The monoisotopic (exact) mass is 577 g/mol. The van der Waals surface area contributed by atoms with Crippen LogP contribution in [0.25, 0.3) is 27.8 Å². The summed E-state index contributed by atoms with van der Waals surface area (Å²) >= 11 is 1.28. The maximum Gasteiger partial charge on any atom is 0.246 e. The molecule has 9 nitrogen and oxygen atoms in total. The molecule has 40 heavy (non-hydrogen) atoms. The van der Waals surface area contributed by atoms with E-state index in [1.165, 1.54) is 28.7 Å². The smallest absolute Gasteiger partial charge is 0.246 e. The van der Waals surface area contributed by atoms with E-state index >= 15 is 0 Å². The molecule has 1 fully saturated rings. The van der Waals surface area contributed by atoms with Gasteiger partial charge in [-0.15, -0.1) is 11.3 Å². The van der Waals surface area contributed by atoms with Crippen molar-refractivity contribution in [3.8, 4) is 21.8 Å². The molecule has 11 heteroatoms. The van der Waals surface area contributed by atoms with Crippen LogP contribution in [0.2, 0.25) is 0 Å². The van der Waals surface area contributed by atoms with Crippen LogP contribution < -0.4 is 5.48 Å². The molecule has 0 aliphatic carbocycles. The SMILES string of the molecule is O=C(CC1(c2ccc(-c3ccc(-c4cnco4)cc3)s2)CCN(C(=O)/C=C/c2ccccc2)CCS1(=O)=O)NO. The molecular formula is C29H27N3O6S2. The van der Waals surface area contributed by atoms with Crippen molar-refractivity contribution in [2.75, 3.05) is 18.8 Å². The maximum atomic E-state index is 13.8. The average Bonchev–Trinajstić information content (AvgIpc) is 3.67. The number of hydroxylamine groups is 1. The van der Waals surface area contributed by atoms with Gasteiger partial charge in [0, 0.05) is 34.5 Å². The Bertz CT molecular complexity index is 1610. The van der Waals surface area contributed by atoms with Gasteiger partial charge in [-0.1, -0.05) is 54.6 Å². The second-order valence-corrected chi connectivity index (χ2v) is 13.0. The molecule has 2 aromatic heterocycles. The predicted molar refractivity (Wildman–Crippen MR) is 152 cm³/mol. The van der Waals surface area contributed by atoms with Gasteiger partial charge in [0.2, 0.25) is 11.8 Å². The van der Waals surface area contributed by atoms with Crippen molar-refractivity contribution in [1.82, 2.24) is 15.4 Å². The number of oxazole rings is 1. The molecule has 4 aromatic rings. The van der Waals surface area contributed by atoms with Crippen LogP contribution in [0, 0.1) is 0 Å². The maximum absolute atomic E-state index is 13.8. The largest absolute Gasteiger partial charge is 0.444 e. The van der Waals surface area contributed by atoms with Gasteiger partial charge in [0.25, 0.3) is 0 Å². The van der Waals surface area contributed by atoms with Gasteiger partial charge in [0.1, 0.15) is 4.75 Å². The third-order valence-electron chi connectivity index (χ3n) is 7.05. The highest BCUT2D eigenvalue weighted by molar-refractivity contribution is 7.92. The van der Waals surface area contributed by atoms with Gasteiger partial charge < -0.3 is 9.32 Å². The van der Waals surface area contributed by atoms with Crippen LogP contribution in [-0.2, 0) is 24.2 Å². The summed E-state index contributed by atoms with van der Waals surface area (Å²) in [7, 11) is -3.92. The van der Waals surface area contributed by atoms with E-state index in [-0.39, 0.29) is 31.2 Å². The highest BCUT2D eigenvalue weighted by Crippen LogP contribution is 2.45. The molecule has 0 radical (unpaired) electrons. The molecule has 0 spiro atoms. The summed E-state index contributed by atoms with van der Waals surface area (Å²) in [6, 6.07) is 20.5. The van der Waals surface area contributed by atoms with Crippen molar-refractivity contribution in [2.24, 2.45) is 0 Å². The molecule has 1 aliphatic heterocycles. The lowest BCUT2D eigenvalue weighted by atomic mass is 9.97. The zero-order chi connectivity index (χ0) is 28.2. The third-order valence-corrected chi connectivity index (χ3v) is 11.0. The molecule has 3 heterocycles. The molecule has 5 rings (SSSR count). The number of hydrogen-bond acceptors (Lipinski definition) is 8. The zero-order valence-corrected chi connectivity index (χ0v) is 23.0. The molecular weight excluding hydrogens is 550 g/mol. The summed E-state index contributed by atoms with van der Waals surface area (Å²) in [6.45, 7) is 0.138. The predicted octanol–water partition coefficient (Wildman–Crippen LogP) is 4.52. The third kappa shape index (κ3) is 5.62. The first-order chi connectivity index (χ1) is 19.3. The molecule has 206 valence electrons. The number of hydrogen-bond donors (Lipinski definition) is 2. The van der Waals surface area contributed by atoms with Gasteiger partial charge >= 0.3 is 0 Å². The Hall–Kier alpha value is -4.06. The number of thiophene rings is 1. The lowest BCUT2D eigenvalue weighted by Gasteiger charge is -2.30. The Kier molecular flexibility index (Phi) is 7.97. The Morgan fingerprint density at radius 3 is 2.50 bits per heavy atom. The summed E-state index contributed by atoms with van der Waals surface area (Å²) in [5.41, 5.74) is 4.17. The van der Waals surface area contributed by atoms with Crippen molar-refractivity contribution >= 4 is 39.1 Å². The van der Waals surface area contributed by atoms with Gasteiger partial charge in [-0.05, 0) is 35.8 Å². The molecule has 2 aromatic carbocycles. The lowest BCUT2D eigenvalue weighted by Crippen LogP contribution is -2.41. The van der Waals surface area contributed by atoms with Crippen LogP contribution in [0.5, 0.6) is 0 Å². The van der Waals surface area contributed by atoms with Gasteiger partial charge in [0.15, 0.2) is 22.0 Å². The minimum absolute atomic E-state index is 0.00409. The second kappa shape index (κ2) is 11.6. The first kappa shape index (κ1) is 27.5. The van der Waals surface area contributed by atoms with E-state index in [0.29, 0.717) is 10.6 Å². The number of carbonyl (C=O) groups is 2. The molecule has 1 saturated heterocycles. The number of carbonyl (C=O) groups excluding carboxylic acids is 2. The summed E-state index contributed by atoms with van der Waals surface area (Å²) in [5.74, 6) is -0.788. The van der Waals surface area contributed by atoms with Gasteiger partial charge in [0.05, 0.1) is 18.4 Å². The van der Waals surface area contributed by atoms with Crippen LogP contribution >= 0.6 is 11.3 Å². The summed E-state index contributed by atoms with van der Waals surface area (Å²) in [4.78, 5) is 32.1. The van der Waals surface area contributed by atoms with E-state index in [1.54, 1.807) is 23.8 Å². The second-order valence-electron chi connectivity index (χ2n) is 9.45. The number of nitrogens with one attached hydrogen (secondary N) is 1. The van der Waals surface area contributed by atoms with Crippen LogP contribution in [0.4, 0.5) is 0 Å². The van der Waals surface area contributed by atoms with Crippen molar-refractivity contribution in [3.63, 3.8) is 0 Å². The van der Waals surface area contributed by atoms with Crippen molar-refractivity contribution in [2.45, 2.75) is 17.6 Å². The van der Waals surface area contributed by atoms with E-state index in [1.807, 2.05) is 60.7 Å². The summed E-state index contributed by atoms with van der Waals surface area (Å²) in [5, 5.41) is 9.30. The standard InChI is InChI=1S/C29H27N3O6S2/c33-27(31-35)18-29(26-12-11-25(39-26)23-9-7-22(8-10-23)24-19-30-20-38-24)14-15-32(16-17-40(29,36)37)28(34)13-6-21-4-2-1-3-5-21/h1-13,19-20,35H,14-18H2,(H,31,33)/b13-6+. The normalized spacial score (nSPS) is 18.9. The number of nitrogens with zero attached hydrogens (tertiary/aromatic N) is 2. The lowest BCUT2D eigenvalue weighted by molar-refractivity contribution is -0.129. The molecule has 2 amide bonds. The number of amides is 2. The van der Waals surface area contributed by atoms with E-state index in [0.717, 1.165) is 21.6 Å². The fourth-order valence-corrected chi connectivity index (χ4v) is 8.43. The molecule has 1 unspecified atom stereocenters. The van der Waals surface area contributed by atoms with Gasteiger partial charge in [-0.2, -0.15) is 0 Å². The molecule has 1 aliphatic rings. The quantitative estimate of drug-likeness (QED) is 0.188. The molecule has 1 atom stereocenters. The van der Waals surface area contributed by atoms with E-state index < -0.39 is 26.9 Å². The Morgan fingerprint density at radius 1 is 1.05 bits per heavy atom. The van der Waals surface area contributed by atoms with E-state index in [9.17, 15) is 23.2 Å². The summed E-state index contributed by atoms with van der Waals surface area (Å²) < 4.78 is 31.4. The average molecular weight is 578 g/mol. The first-order valence-electron chi connectivity index (χ1n) is 12.6. The van der Waals surface area contributed by atoms with Crippen molar-refractivity contribution < 1.29 is 27.6 Å². The highest BCUT2D eigenvalue weighted by atomic mass is 32.2.